The zero-order chi connectivity index (χ0) is 15.6. The predicted molar refractivity (Wildman–Crippen MR) is 85.0 cm³/mol. The van der Waals surface area contributed by atoms with Gasteiger partial charge in [-0.2, -0.15) is 0 Å². The first-order valence-corrected chi connectivity index (χ1v) is 7.30. The summed E-state index contributed by atoms with van der Waals surface area (Å²) in [5.41, 5.74) is 4.31. The second-order valence-corrected chi connectivity index (χ2v) is 5.86. The molecular formula is C16H17NO3S. The van der Waals surface area contributed by atoms with Crippen LogP contribution in [0.3, 0.4) is 0 Å². The smallest absolute Gasteiger partial charge is 0.312 e. The van der Waals surface area contributed by atoms with E-state index < -0.39 is 4.92 Å². The van der Waals surface area contributed by atoms with E-state index in [2.05, 4.69) is 12.1 Å². The van der Waals surface area contributed by atoms with E-state index in [1.165, 1.54) is 23.7 Å². The normalized spacial score (nSPS) is 10.5. The first-order valence-electron chi connectivity index (χ1n) is 6.56. The van der Waals surface area contributed by atoms with Crippen LogP contribution in [0, 0.1) is 37.8 Å². The van der Waals surface area contributed by atoms with Gasteiger partial charge in [0.2, 0.25) is 5.75 Å². The largest absolute Gasteiger partial charge is 0.413 e. The molecule has 0 unspecified atom stereocenters. The van der Waals surface area contributed by atoms with Crippen molar-refractivity contribution in [2.75, 3.05) is 0 Å². The summed E-state index contributed by atoms with van der Waals surface area (Å²) >= 11 is 1.17. The lowest BCUT2D eigenvalue weighted by molar-refractivity contribution is -0.385. The topological polar surface area (TPSA) is 52.4 Å². The lowest BCUT2D eigenvalue weighted by Gasteiger charge is -2.11. The number of nitro benzene ring substituents is 1. The number of hydrogen-bond donors (Lipinski definition) is 0. The fourth-order valence-corrected chi connectivity index (χ4v) is 2.91. The molecule has 0 amide bonds. The predicted octanol–water partition coefficient (Wildman–Crippen LogP) is 4.91. The van der Waals surface area contributed by atoms with Crippen LogP contribution < -0.4 is 4.18 Å². The van der Waals surface area contributed by atoms with Crippen LogP contribution in [0.4, 0.5) is 5.69 Å². The number of rotatable bonds is 4. The molecule has 0 radical (unpaired) electrons. The molecule has 0 bridgehead atoms. The molecule has 0 fully saturated rings. The van der Waals surface area contributed by atoms with Crippen LogP contribution in [0.1, 0.15) is 22.3 Å². The number of hydrogen-bond acceptors (Lipinski definition) is 4. The summed E-state index contributed by atoms with van der Waals surface area (Å²) in [6.45, 7) is 7.94. The average Bonchev–Trinajstić information content (AvgIpc) is 2.37. The summed E-state index contributed by atoms with van der Waals surface area (Å²) in [7, 11) is 0. The van der Waals surface area contributed by atoms with Crippen molar-refractivity contribution in [2.45, 2.75) is 32.6 Å². The molecule has 0 heterocycles. The third-order valence-corrected chi connectivity index (χ3v) is 4.20. The van der Waals surface area contributed by atoms with Crippen LogP contribution in [-0.4, -0.2) is 4.92 Å². The molecule has 0 aromatic heterocycles. The van der Waals surface area contributed by atoms with E-state index in [1.54, 1.807) is 12.1 Å². The lowest BCUT2D eigenvalue weighted by atomic mass is 10.1. The van der Waals surface area contributed by atoms with Crippen LogP contribution in [0.5, 0.6) is 5.75 Å². The Morgan fingerprint density at radius 1 is 1.00 bits per heavy atom. The van der Waals surface area contributed by atoms with Crippen molar-refractivity contribution in [3.8, 4) is 5.75 Å². The Bertz CT molecular complexity index is 675. The standard InChI is InChI=1S/C16H17NO3S/c1-10-5-6-14(17(18)19)15(9-10)20-21-16-12(3)7-11(2)8-13(16)4/h5-9H,1-4H3. The monoisotopic (exact) mass is 303 g/mol. The SMILES string of the molecule is Cc1cc(C)c(SOc2cc(C)ccc2[N+](=O)[O-])c(C)c1. The second kappa shape index (κ2) is 6.18. The van der Waals surface area contributed by atoms with E-state index in [0.717, 1.165) is 21.6 Å². The highest BCUT2D eigenvalue weighted by Gasteiger charge is 2.16. The maximum absolute atomic E-state index is 11.0. The van der Waals surface area contributed by atoms with Crippen LogP contribution in [0.15, 0.2) is 35.2 Å². The van der Waals surface area contributed by atoms with Crippen molar-refractivity contribution in [1.29, 1.82) is 0 Å². The molecule has 2 aromatic carbocycles. The van der Waals surface area contributed by atoms with Gasteiger partial charge in [-0.15, -0.1) is 0 Å². The van der Waals surface area contributed by atoms with Crippen molar-refractivity contribution in [3.05, 3.63) is 62.7 Å². The van der Waals surface area contributed by atoms with Crippen molar-refractivity contribution in [2.24, 2.45) is 0 Å². The minimum absolute atomic E-state index is 0.0180. The van der Waals surface area contributed by atoms with E-state index >= 15 is 0 Å². The molecule has 0 spiro atoms. The molecule has 5 heteroatoms. The summed E-state index contributed by atoms with van der Waals surface area (Å²) in [6, 6.07) is 9.01. The zero-order valence-electron chi connectivity index (χ0n) is 12.5. The molecule has 0 aliphatic carbocycles. The van der Waals surface area contributed by atoms with Gasteiger partial charge in [-0.3, -0.25) is 10.1 Å². The number of aryl methyl sites for hydroxylation is 4. The van der Waals surface area contributed by atoms with Gasteiger partial charge in [-0.05, 0) is 50.5 Å². The van der Waals surface area contributed by atoms with Crippen LogP contribution >= 0.6 is 12.0 Å². The van der Waals surface area contributed by atoms with Crippen LogP contribution in [-0.2, 0) is 0 Å². The summed E-state index contributed by atoms with van der Waals surface area (Å²) in [4.78, 5) is 11.6. The molecule has 0 aliphatic heterocycles. The first-order chi connectivity index (χ1) is 9.88. The lowest BCUT2D eigenvalue weighted by Crippen LogP contribution is -1.95. The third kappa shape index (κ3) is 3.55. The van der Waals surface area contributed by atoms with Crippen LogP contribution in [0.25, 0.3) is 0 Å². The first kappa shape index (κ1) is 15.4. The molecule has 110 valence electrons. The van der Waals surface area contributed by atoms with E-state index in [9.17, 15) is 10.1 Å². The van der Waals surface area contributed by atoms with E-state index in [4.69, 9.17) is 4.18 Å². The zero-order valence-corrected chi connectivity index (χ0v) is 13.3. The minimum Gasteiger partial charge on any atom is -0.413 e. The maximum atomic E-state index is 11.0. The Morgan fingerprint density at radius 3 is 2.19 bits per heavy atom. The van der Waals surface area contributed by atoms with E-state index in [1.807, 2.05) is 27.7 Å². The molecule has 0 saturated carbocycles. The minimum atomic E-state index is -0.426. The molecule has 0 saturated heterocycles. The van der Waals surface area contributed by atoms with Crippen molar-refractivity contribution in [1.82, 2.24) is 0 Å². The summed E-state index contributed by atoms with van der Waals surface area (Å²) in [5, 5.41) is 11.0. The molecule has 0 aliphatic rings. The Balaban J connectivity index is 2.28. The fourth-order valence-electron chi connectivity index (χ4n) is 2.22. The average molecular weight is 303 g/mol. The van der Waals surface area contributed by atoms with Crippen molar-refractivity contribution < 1.29 is 9.11 Å². The molecule has 4 nitrogen and oxygen atoms in total. The summed E-state index contributed by atoms with van der Waals surface area (Å²) < 4.78 is 5.64. The Kier molecular flexibility index (Phi) is 4.53. The molecule has 2 aromatic rings. The van der Waals surface area contributed by atoms with Gasteiger partial charge < -0.3 is 4.18 Å². The van der Waals surface area contributed by atoms with Crippen LogP contribution in [0.2, 0.25) is 0 Å². The third-order valence-electron chi connectivity index (χ3n) is 3.13. The van der Waals surface area contributed by atoms with Gasteiger partial charge in [-0.25, -0.2) is 0 Å². The molecule has 2 rings (SSSR count). The molecule has 0 N–H and O–H groups in total. The second-order valence-electron chi connectivity index (χ2n) is 5.12. The molecule has 0 atom stereocenters. The quantitative estimate of drug-likeness (QED) is 0.457. The number of nitro groups is 1. The Labute approximate surface area is 128 Å². The van der Waals surface area contributed by atoms with E-state index in [0.29, 0.717) is 0 Å². The van der Waals surface area contributed by atoms with Crippen molar-refractivity contribution in [3.63, 3.8) is 0 Å². The van der Waals surface area contributed by atoms with Gasteiger partial charge in [0.05, 0.1) is 21.9 Å². The fraction of sp³-hybridized carbons (Fsp3) is 0.250. The molecular weight excluding hydrogens is 286 g/mol. The van der Waals surface area contributed by atoms with E-state index in [-0.39, 0.29) is 11.4 Å². The summed E-state index contributed by atoms with van der Waals surface area (Å²) in [5.74, 6) is 0.282. The van der Waals surface area contributed by atoms with Gasteiger partial charge in [0.1, 0.15) is 0 Å². The highest BCUT2D eigenvalue weighted by molar-refractivity contribution is 7.95. The Morgan fingerprint density at radius 2 is 1.62 bits per heavy atom. The van der Waals surface area contributed by atoms with Crippen molar-refractivity contribution >= 4 is 17.7 Å². The van der Waals surface area contributed by atoms with Gasteiger partial charge in [0.15, 0.2) is 0 Å². The van der Waals surface area contributed by atoms with Gasteiger partial charge >= 0.3 is 5.69 Å². The number of benzene rings is 2. The summed E-state index contributed by atoms with van der Waals surface area (Å²) in [6.07, 6.45) is 0. The highest BCUT2D eigenvalue weighted by Crippen LogP contribution is 2.35. The van der Waals surface area contributed by atoms with Gasteiger partial charge in [-0.1, -0.05) is 23.8 Å². The Hall–Kier alpha value is -2.01. The molecule has 21 heavy (non-hydrogen) atoms. The maximum Gasteiger partial charge on any atom is 0.312 e. The number of nitrogens with zero attached hydrogens (tertiary/aromatic N) is 1. The van der Waals surface area contributed by atoms with Gasteiger partial charge in [0.25, 0.3) is 0 Å². The van der Waals surface area contributed by atoms with Gasteiger partial charge in [0, 0.05) is 6.07 Å². The highest BCUT2D eigenvalue weighted by atomic mass is 32.2.